The highest BCUT2D eigenvalue weighted by Crippen LogP contribution is 2.20. The van der Waals surface area contributed by atoms with Gasteiger partial charge in [0.15, 0.2) is 5.11 Å². The molecule has 2 rings (SSSR count). The van der Waals surface area contributed by atoms with Gasteiger partial charge in [0.05, 0.1) is 11.1 Å². The molecule has 0 amide bonds. The maximum absolute atomic E-state index is 13.1. The average Bonchev–Trinajstić information content (AvgIpc) is 2.45. The van der Waals surface area contributed by atoms with E-state index in [-0.39, 0.29) is 11.1 Å². The third kappa shape index (κ3) is 4.18. The van der Waals surface area contributed by atoms with Crippen molar-refractivity contribution in [2.75, 3.05) is 5.32 Å². The fraction of sp³-hybridized carbons (Fsp3) is 0.235. The van der Waals surface area contributed by atoms with Gasteiger partial charge >= 0.3 is 0 Å². The SMILES string of the molecule is Cc1ccc([C@H](C)NC(=S)Nc2ccc(F)c(Cl)c2)cc1C. The first kappa shape index (κ1) is 16.7. The van der Waals surface area contributed by atoms with E-state index in [9.17, 15) is 4.39 Å². The number of anilines is 1. The smallest absolute Gasteiger partial charge is 0.171 e. The molecule has 2 nitrogen and oxygen atoms in total. The van der Waals surface area contributed by atoms with Crippen molar-refractivity contribution in [2.45, 2.75) is 26.8 Å². The van der Waals surface area contributed by atoms with E-state index >= 15 is 0 Å². The summed E-state index contributed by atoms with van der Waals surface area (Å²) in [5.74, 6) is -0.449. The van der Waals surface area contributed by atoms with Crippen LogP contribution in [0.2, 0.25) is 5.02 Å². The Balaban J connectivity index is 2.01. The molecule has 2 N–H and O–H groups in total. The first-order valence-electron chi connectivity index (χ1n) is 6.96. The van der Waals surface area contributed by atoms with Crippen LogP contribution < -0.4 is 10.6 Å². The highest BCUT2D eigenvalue weighted by molar-refractivity contribution is 7.80. The summed E-state index contributed by atoms with van der Waals surface area (Å²) in [5, 5.41) is 6.75. The molecule has 0 aromatic heterocycles. The van der Waals surface area contributed by atoms with E-state index in [2.05, 4.69) is 42.7 Å². The van der Waals surface area contributed by atoms with Gasteiger partial charge in [-0.3, -0.25) is 0 Å². The summed E-state index contributed by atoms with van der Waals surface area (Å²) < 4.78 is 13.1. The normalized spacial score (nSPS) is 11.9. The number of hydrogen-bond acceptors (Lipinski definition) is 1. The zero-order chi connectivity index (χ0) is 16.3. The lowest BCUT2D eigenvalue weighted by atomic mass is 10.0. The second kappa shape index (κ2) is 7.07. The quantitative estimate of drug-likeness (QED) is 0.758. The lowest BCUT2D eigenvalue weighted by molar-refractivity contribution is 0.628. The van der Waals surface area contributed by atoms with Gasteiger partial charge in [-0.1, -0.05) is 29.8 Å². The fourth-order valence-electron chi connectivity index (χ4n) is 2.05. The number of aryl methyl sites for hydroxylation is 2. The largest absolute Gasteiger partial charge is 0.356 e. The first-order chi connectivity index (χ1) is 10.4. The molecule has 0 aliphatic rings. The van der Waals surface area contributed by atoms with Gasteiger partial charge < -0.3 is 10.6 Å². The van der Waals surface area contributed by atoms with E-state index < -0.39 is 5.82 Å². The van der Waals surface area contributed by atoms with Gasteiger partial charge in [0, 0.05) is 5.69 Å². The number of halogens is 2. The minimum Gasteiger partial charge on any atom is -0.356 e. The van der Waals surface area contributed by atoms with Crippen LogP contribution in [0.3, 0.4) is 0 Å². The molecule has 0 aliphatic carbocycles. The molecule has 2 aromatic carbocycles. The third-order valence-electron chi connectivity index (χ3n) is 3.56. The van der Waals surface area contributed by atoms with E-state index in [1.165, 1.54) is 23.3 Å². The maximum Gasteiger partial charge on any atom is 0.171 e. The van der Waals surface area contributed by atoms with Crippen LogP contribution in [0.4, 0.5) is 10.1 Å². The van der Waals surface area contributed by atoms with Crippen LogP contribution in [0.15, 0.2) is 36.4 Å². The molecule has 0 fully saturated rings. The molecule has 0 heterocycles. The Morgan fingerprint density at radius 1 is 1.14 bits per heavy atom. The van der Waals surface area contributed by atoms with Gasteiger partial charge in [0.25, 0.3) is 0 Å². The molecule has 0 radical (unpaired) electrons. The van der Waals surface area contributed by atoms with Gasteiger partial charge in [-0.15, -0.1) is 0 Å². The highest BCUT2D eigenvalue weighted by Gasteiger charge is 2.09. The van der Waals surface area contributed by atoms with Crippen molar-refractivity contribution in [3.05, 3.63) is 63.9 Å². The minimum atomic E-state index is -0.449. The van der Waals surface area contributed by atoms with Crippen LogP contribution in [0.25, 0.3) is 0 Å². The number of rotatable bonds is 3. The van der Waals surface area contributed by atoms with Gasteiger partial charge in [-0.25, -0.2) is 4.39 Å². The van der Waals surface area contributed by atoms with Gasteiger partial charge in [-0.05, 0) is 67.9 Å². The lowest BCUT2D eigenvalue weighted by Crippen LogP contribution is -2.30. The van der Waals surface area contributed by atoms with Crippen LogP contribution in [-0.4, -0.2) is 5.11 Å². The molecule has 116 valence electrons. The highest BCUT2D eigenvalue weighted by atomic mass is 35.5. The van der Waals surface area contributed by atoms with E-state index in [1.54, 1.807) is 6.07 Å². The second-order valence-corrected chi connectivity index (χ2v) is 6.11. The van der Waals surface area contributed by atoms with Crippen molar-refractivity contribution < 1.29 is 4.39 Å². The summed E-state index contributed by atoms with van der Waals surface area (Å²) in [6.07, 6.45) is 0. The molecule has 5 heteroatoms. The summed E-state index contributed by atoms with van der Waals surface area (Å²) in [4.78, 5) is 0. The number of thiocarbonyl (C=S) groups is 1. The van der Waals surface area contributed by atoms with Crippen molar-refractivity contribution in [3.63, 3.8) is 0 Å². The number of hydrogen-bond donors (Lipinski definition) is 2. The second-order valence-electron chi connectivity index (χ2n) is 5.29. The molecular formula is C17H18ClFN2S. The van der Waals surface area contributed by atoms with E-state index in [1.807, 2.05) is 6.92 Å². The van der Waals surface area contributed by atoms with Crippen molar-refractivity contribution >= 4 is 34.6 Å². The van der Waals surface area contributed by atoms with Crippen LogP contribution in [0.5, 0.6) is 0 Å². The zero-order valence-electron chi connectivity index (χ0n) is 12.7. The Labute approximate surface area is 140 Å². The van der Waals surface area contributed by atoms with Gasteiger partial charge in [-0.2, -0.15) is 0 Å². The molecule has 0 aliphatic heterocycles. The average molecular weight is 337 g/mol. The Morgan fingerprint density at radius 3 is 2.50 bits per heavy atom. The number of benzene rings is 2. The van der Waals surface area contributed by atoms with Gasteiger partial charge in [0.1, 0.15) is 5.82 Å². The molecule has 22 heavy (non-hydrogen) atoms. The van der Waals surface area contributed by atoms with Gasteiger partial charge in [0.2, 0.25) is 0 Å². The third-order valence-corrected chi connectivity index (χ3v) is 4.07. The molecular weight excluding hydrogens is 319 g/mol. The molecule has 0 bridgehead atoms. The molecule has 0 saturated heterocycles. The summed E-state index contributed by atoms with van der Waals surface area (Å²) >= 11 is 11.0. The summed E-state index contributed by atoms with van der Waals surface area (Å²) in [6, 6.07) is 10.8. The van der Waals surface area contributed by atoms with Crippen molar-refractivity contribution in [1.82, 2.24) is 5.32 Å². The molecule has 2 aromatic rings. The van der Waals surface area contributed by atoms with Crippen LogP contribution >= 0.6 is 23.8 Å². The summed E-state index contributed by atoms with van der Waals surface area (Å²) in [7, 11) is 0. The van der Waals surface area contributed by atoms with Crippen molar-refractivity contribution in [2.24, 2.45) is 0 Å². The molecule has 1 atom stereocenters. The zero-order valence-corrected chi connectivity index (χ0v) is 14.3. The van der Waals surface area contributed by atoms with Crippen LogP contribution in [0, 0.1) is 19.7 Å². The molecule has 0 spiro atoms. The van der Waals surface area contributed by atoms with Crippen molar-refractivity contribution in [3.8, 4) is 0 Å². The summed E-state index contributed by atoms with van der Waals surface area (Å²) in [6.45, 7) is 6.21. The Hall–Kier alpha value is -1.65. The predicted octanol–water partition coefficient (Wildman–Crippen LogP) is 5.14. The fourth-order valence-corrected chi connectivity index (χ4v) is 2.53. The van der Waals surface area contributed by atoms with Crippen LogP contribution in [-0.2, 0) is 0 Å². The van der Waals surface area contributed by atoms with E-state index in [4.69, 9.17) is 23.8 Å². The standard InChI is InChI=1S/C17H18ClFN2S/c1-10-4-5-13(8-11(10)2)12(3)20-17(22)21-14-6-7-16(19)15(18)9-14/h4-9,12H,1-3H3,(H2,20,21,22)/t12-/m0/s1. The predicted molar refractivity (Wildman–Crippen MR) is 95.1 cm³/mol. The molecule has 0 saturated carbocycles. The maximum atomic E-state index is 13.1. The van der Waals surface area contributed by atoms with E-state index in [0.29, 0.717) is 10.8 Å². The monoisotopic (exact) mass is 336 g/mol. The molecule has 0 unspecified atom stereocenters. The van der Waals surface area contributed by atoms with Crippen LogP contribution in [0.1, 0.15) is 29.7 Å². The minimum absolute atomic E-state index is 0.0648. The van der Waals surface area contributed by atoms with E-state index in [0.717, 1.165) is 5.56 Å². The number of nitrogens with one attached hydrogen (secondary N) is 2. The van der Waals surface area contributed by atoms with Crippen molar-refractivity contribution in [1.29, 1.82) is 0 Å². The Morgan fingerprint density at radius 2 is 1.86 bits per heavy atom. The topological polar surface area (TPSA) is 24.1 Å². The first-order valence-corrected chi connectivity index (χ1v) is 7.75. The lowest BCUT2D eigenvalue weighted by Gasteiger charge is -2.18. The Kier molecular flexibility index (Phi) is 5.37. The summed E-state index contributed by atoms with van der Waals surface area (Å²) in [5.41, 5.74) is 4.31. The Bertz CT molecular complexity index is 703.